The Morgan fingerprint density at radius 3 is 2.06 bits per heavy atom. The summed E-state index contributed by atoms with van der Waals surface area (Å²) in [4.78, 5) is 33.2. The van der Waals surface area contributed by atoms with Crippen molar-refractivity contribution in [1.82, 2.24) is 45.3 Å². The van der Waals surface area contributed by atoms with E-state index in [-0.39, 0.29) is 45.9 Å². The molecule has 5 aromatic rings. The first-order valence-corrected chi connectivity index (χ1v) is 30.7. The average Bonchev–Trinajstić information content (AvgIpc) is 2.79. The number of aromatic nitrogens is 4. The number of nitrogens with one attached hydrogen (secondary N) is 3. The monoisotopic (exact) mass is 1170 g/mol. The Bertz CT molecular complexity index is 3350. The van der Waals surface area contributed by atoms with E-state index in [1.165, 1.54) is 31.2 Å². The number of phenols is 1. The molecule has 8 fully saturated rings. The Morgan fingerprint density at radius 1 is 0.824 bits per heavy atom. The van der Waals surface area contributed by atoms with Gasteiger partial charge < -0.3 is 45.1 Å². The van der Waals surface area contributed by atoms with Crippen LogP contribution in [0, 0.1) is 25.5 Å². The number of hydrogen-bond acceptors (Lipinski definition) is 15. The molecule has 0 radical (unpaired) electrons. The summed E-state index contributed by atoms with van der Waals surface area (Å²) in [6.07, 6.45) is 18.2. The maximum Gasteiger partial charge on any atom is 0.573 e. The zero-order chi connectivity index (χ0) is 59.2. The van der Waals surface area contributed by atoms with Gasteiger partial charge in [-0.1, -0.05) is 25.1 Å². The number of phenolic OH excluding ortho intramolecular Hbond substituents is 1. The average molecular weight is 1180 g/mol. The molecule has 13 rings (SSSR count). The summed E-state index contributed by atoms with van der Waals surface area (Å²) in [5, 5.41) is 21.7. The molecule has 0 saturated carbocycles. The SMILES string of the molecule is C/C=C\c1c(NC)cc(C)cc1-c1ncc2c(N3CC4CCC(C3)N4)nc(OCC34CCCN3CCC4)nc2c1F.CC/C=C(/N=C(\c1cnc(-c2c(O)cccc2OC(F)(F)F)c(F)c1C)N1CC2CCC(C1)N2)OCC12CCCN1CCC2. The lowest BCUT2D eigenvalue weighted by molar-refractivity contribution is -0.274. The van der Waals surface area contributed by atoms with Crippen LogP contribution in [0.4, 0.5) is 33.5 Å². The number of nitrogens with zero attached hydrogens (tertiary/aromatic N) is 9. The smallest absolute Gasteiger partial charge is 0.507 e. The Hall–Kier alpha value is -6.68. The van der Waals surface area contributed by atoms with Crippen LogP contribution in [-0.2, 0) is 4.74 Å². The quantitative estimate of drug-likeness (QED) is 0.0339. The lowest BCUT2D eigenvalue weighted by Gasteiger charge is -2.36. The minimum Gasteiger partial charge on any atom is -0.507 e. The number of alkyl halides is 3. The second-order valence-electron chi connectivity index (χ2n) is 24.6. The van der Waals surface area contributed by atoms with Gasteiger partial charge in [0, 0.05) is 92.2 Å². The second-order valence-corrected chi connectivity index (χ2v) is 24.6. The van der Waals surface area contributed by atoms with Gasteiger partial charge >= 0.3 is 12.4 Å². The lowest BCUT2D eigenvalue weighted by atomic mass is 9.95. The van der Waals surface area contributed by atoms with Crippen LogP contribution in [0.25, 0.3) is 39.5 Å². The van der Waals surface area contributed by atoms with Crippen molar-refractivity contribution in [2.75, 3.05) is 82.8 Å². The predicted molar refractivity (Wildman–Crippen MR) is 320 cm³/mol. The van der Waals surface area contributed by atoms with Gasteiger partial charge in [0.1, 0.15) is 53.3 Å². The maximum atomic E-state index is 16.7. The first-order chi connectivity index (χ1) is 41.0. The number of piperazine rings is 2. The molecule has 2 aromatic carbocycles. The largest absolute Gasteiger partial charge is 0.573 e. The van der Waals surface area contributed by atoms with E-state index in [4.69, 9.17) is 29.4 Å². The van der Waals surface area contributed by atoms with E-state index in [0.29, 0.717) is 67.5 Å². The molecule has 4 atom stereocenters. The van der Waals surface area contributed by atoms with E-state index in [0.717, 1.165) is 138 Å². The summed E-state index contributed by atoms with van der Waals surface area (Å²) in [6, 6.07) is 9.07. The molecule has 0 aliphatic carbocycles. The highest BCUT2D eigenvalue weighted by atomic mass is 19.4. The van der Waals surface area contributed by atoms with Crippen molar-refractivity contribution in [2.45, 2.75) is 153 Å². The highest BCUT2D eigenvalue weighted by Gasteiger charge is 2.47. The summed E-state index contributed by atoms with van der Waals surface area (Å²) in [5.41, 5.74) is 3.88. The first kappa shape index (κ1) is 58.7. The van der Waals surface area contributed by atoms with E-state index in [1.807, 2.05) is 52.1 Å². The van der Waals surface area contributed by atoms with Gasteiger partial charge in [0.25, 0.3) is 0 Å². The maximum absolute atomic E-state index is 16.7. The van der Waals surface area contributed by atoms with Crippen molar-refractivity contribution < 1.29 is 41.3 Å². The highest BCUT2D eigenvalue weighted by molar-refractivity contribution is 6.01. The number of hydrogen-bond donors (Lipinski definition) is 4. The molecule has 3 aromatic heterocycles. The standard InChI is InChI=1S/C32H39F4N5O3.C32H40FN7O/c1-3-7-26(43-19-31-12-5-14-41(31)15-6-13-31)39-30(40-17-21-10-11-22(18-40)38-21)23-16-37-29(28(33)20(23)2)27-24(42)8-4-9-25(27)44-32(34,35)36;1-4-7-23-24(14-20(2)15-26(23)34-3)28-27(33)29-25(16-35-28)30(39-17-21-8-9-22(18-39)36-21)38-31(37-29)41-19-32-10-5-12-40(32)13-6-11-32/h4,7-9,16,21-22,38,42H,3,5-6,10-15,17-19H2,1-2H3;4,7,14-16,21-22,34,36H,5-6,8-13,17-19H2,1-3H3/b26-7-,39-30+;7-4-. The fourth-order valence-corrected chi connectivity index (χ4v) is 15.0. The van der Waals surface area contributed by atoms with E-state index in [2.05, 4.69) is 51.3 Å². The number of aliphatic imine (C=N–C) groups is 1. The van der Waals surface area contributed by atoms with Gasteiger partial charge in [0.15, 0.2) is 11.6 Å². The van der Waals surface area contributed by atoms with Crippen LogP contribution >= 0.6 is 0 Å². The Kier molecular flexibility index (Phi) is 16.7. The molecule has 4 unspecified atom stereocenters. The molecule has 8 saturated heterocycles. The van der Waals surface area contributed by atoms with E-state index >= 15 is 8.78 Å². The highest BCUT2D eigenvalue weighted by Crippen LogP contribution is 2.44. The predicted octanol–water partition coefficient (Wildman–Crippen LogP) is 11.0. The van der Waals surface area contributed by atoms with Gasteiger partial charge in [0.2, 0.25) is 5.88 Å². The van der Waals surface area contributed by atoms with Crippen molar-refractivity contribution in [2.24, 2.45) is 4.99 Å². The number of ether oxygens (including phenoxy) is 3. The topological polar surface area (TPSA) is 161 Å². The number of halogens is 5. The van der Waals surface area contributed by atoms with Crippen molar-refractivity contribution in [1.29, 1.82) is 0 Å². The number of anilines is 2. The normalized spacial score (nSPS) is 23.6. The van der Waals surface area contributed by atoms with Crippen molar-refractivity contribution in [3.05, 3.63) is 94.6 Å². The Balaban J connectivity index is 0.000000167. The molecule has 4 bridgehead atoms. The zero-order valence-corrected chi connectivity index (χ0v) is 49.4. The van der Waals surface area contributed by atoms with Crippen molar-refractivity contribution in [3.63, 3.8) is 0 Å². The summed E-state index contributed by atoms with van der Waals surface area (Å²) in [7, 11) is 1.88. The van der Waals surface area contributed by atoms with Crippen molar-refractivity contribution >= 4 is 34.3 Å². The molecule has 11 heterocycles. The number of allylic oxidation sites excluding steroid dienone is 2. The fraction of sp³-hybridized carbons (Fsp3) is 0.547. The van der Waals surface area contributed by atoms with E-state index < -0.39 is 40.8 Å². The number of aryl methyl sites for hydroxylation is 1. The minimum absolute atomic E-state index is 0.0236. The summed E-state index contributed by atoms with van der Waals surface area (Å²) in [5.74, 6) is -0.919. The number of pyridine rings is 2. The first-order valence-electron chi connectivity index (χ1n) is 30.7. The van der Waals surface area contributed by atoms with Gasteiger partial charge in [-0.15, -0.1) is 13.2 Å². The van der Waals surface area contributed by atoms with Crippen LogP contribution in [0.5, 0.6) is 17.5 Å². The number of rotatable bonds is 15. The summed E-state index contributed by atoms with van der Waals surface area (Å²) >= 11 is 0. The molecule has 454 valence electrons. The molecular weight excluding hydrogens is 1100 g/mol. The summed E-state index contributed by atoms with van der Waals surface area (Å²) in [6.45, 7) is 16.0. The second kappa shape index (κ2) is 24.2. The summed E-state index contributed by atoms with van der Waals surface area (Å²) < 4.78 is 89.3. The molecule has 21 heteroatoms. The van der Waals surface area contributed by atoms with Gasteiger partial charge in [-0.3, -0.25) is 19.8 Å². The van der Waals surface area contributed by atoms with E-state index in [1.54, 1.807) is 13.1 Å². The van der Waals surface area contributed by atoms with Crippen molar-refractivity contribution in [3.8, 4) is 40.0 Å². The van der Waals surface area contributed by atoms with Gasteiger partial charge in [-0.25, -0.2) is 8.78 Å². The molecular formula is C64H79F5N12O4. The molecule has 0 spiro atoms. The molecule has 16 nitrogen and oxygen atoms in total. The Labute approximate surface area is 494 Å². The zero-order valence-electron chi connectivity index (χ0n) is 49.4. The molecule has 0 amide bonds. The van der Waals surface area contributed by atoms with Crippen LogP contribution in [0.3, 0.4) is 0 Å². The van der Waals surface area contributed by atoms with Gasteiger partial charge in [0.05, 0.1) is 22.0 Å². The number of fused-ring (bicyclic) bond motifs is 7. The van der Waals surface area contributed by atoms with E-state index in [9.17, 15) is 18.3 Å². The van der Waals surface area contributed by atoms with Gasteiger partial charge in [-0.05, 0) is 172 Å². The number of aromatic hydroxyl groups is 1. The minimum atomic E-state index is -5.04. The third-order valence-corrected chi connectivity index (χ3v) is 19.0. The third kappa shape index (κ3) is 11.9. The molecule has 8 aliphatic rings. The third-order valence-electron chi connectivity index (χ3n) is 19.0. The number of amidine groups is 1. The Morgan fingerprint density at radius 2 is 1.45 bits per heavy atom. The molecule has 8 aliphatic heterocycles. The number of likely N-dealkylation sites (tertiary alicyclic amines) is 1. The van der Waals surface area contributed by atoms with Crippen LogP contribution in [0.15, 0.2) is 65.8 Å². The molecule has 85 heavy (non-hydrogen) atoms. The van der Waals surface area contributed by atoms with Crippen LogP contribution in [0.2, 0.25) is 0 Å². The number of benzene rings is 2. The van der Waals surface area contributed by atoms with Crippen LogP contribution in [-0.4, -0.2) is 160 Å². The van der Waals surface area contributed by atoms with Crippen LogP contribution in [0.1, 0.15) is 120 Å². The van der Waals surface area contributed by atoms with Crippen LogP contribution < -0.4 is 30.3 Å². The molecule has 4 N–H and O–H groups in total. The fourth-order valence-electron chi connectivity index (χ4n) is 15.0. The lowest BCUT2D eigenvalue weighted by Crippen LogP contribution is -2.53. The van der Waals surface area contributed by atoms with Gasteiger partial charge in [-0.2, -0.15) is 15.0 Å².